The van der Waals surface area contributed by atoms with Crippen LogP contribution in [0.5, 0.6) is 5.75 Å². The molecule has 146 valence electrons. The van der Waals surface area contributed by atoms with E-state index in [1.807, 2.05) is 0 Å². The van der Waals surface area contributed by atoms with Crippen LogP contribution < -0.4 is 9.46 Å². The number of nitrogens with one attached hydrogen (secondary N) is 1. The standard InChI is InChI=1S/C19H20F3NO3S/c1-26-17-9-7-15(8-10-17)18(14-5-6-14)23-27(24,25)12-13-3-2-4-16(11-13)19(20,21)22/h2-4,7-11,14,18,23H,5-6,12H2,1H3. The Bertz CT molecular complexity index is 891. The Labute approximate surface area is 156 Å². The molecule has 0 bridgehead atoms. The Morgan fingerprint density at radius 2 is 1.81 bits per heavy atom. The van der Waals surface area contributed by atoms with Gasteiger partial charge in [-0.3, -0.25) is 0 Å². The third-order valence-corrected chi connectivity index (χ3v) is 5.81. The van der Waals surface area contributed by atoms with E-state index in [4.69, 9.17) is 4.74 Å². The molecule has 1 N–H and O–H groups in total. The summed E-state index contributed by atoms with van der Waals surface area (Å²) in [7, 11) is -2.27. The minimum absolute atomic E-state index is 0.0987. The molecule has 0 aromatic heterocycles. The normalized spacial score (nSPS) is 16.1. The van der Waals surface area contributed by atoms with Crippen LogP contribution in [-0.4, -0.2) is 15.5 Å². The Hall–Kier alpha value is -2.06. The van der Waals surface area contributed by atoms with E-state index in [0.29, 0.717) is 5.75 Å². The summed E-state index contributed by atoms with van der Waals surface area (Å²) in [6.45, 7) is 0. The number of methoxy groups -OCH3 is 1. The highest BCUT2D eigenvalue weighted by Gasteiger charge is 2.35. The highest BCUT2D eigenvalue weighted by molar-refractivity contribution is 7.88. The molecule has 0 radical (unpaired) electrons. The molecule has 2 aromatic carbocycles. The van der Waals surface area contributed by atoms with E-state index in [-0.39, 0.29) is 11.5 Å². The fourth-order valence-electron chi connectivity index (χ4n) is 2.97. The maximum Gasteiger partial charge on any atom is 0.416 e. The summed E-state index contributed by atoms with van der Waals surface area (Å²) in [5.41, 5.74) is 0.0524. The van der Waals surface area contributed by atoms with Crippen LogP contribution in [0.4, 0.5) is 13.2 Å². The van der Waals surface area contributed by atoms with Gasteiger partial charge in [0.05, 0.1) is 18.4 Å². The van der Waals surface area contributed by atoms with Crippen molar-refractivity contribution >= 4 is 10.0 Å². The molecule has 1 unspecified atom stereocenters. The largest absolute Gasteiger partial charge is 0.497 e. The predicted molar refractivity (Wildman–Crippen MR) is 95.7 cm³/mol. The lowest BCUT2D eigenvalue weighted by molar-refractivity contribution is -0.137. The zero-order chi connectivity index (χ0) is 19.7. The topological polar surface area (TPSA) is 55.4 Å². The molecule has 1 aliphatic carbocycles. The molecule has 1 fully saturated rings. The maximum absolute atomic E-state index is 12.8. The smallest absolute Gasteiger partial charge is 0.416 e. The summed E-state index contributed by atoms with van der Waals surface area (Å²) in [5.74, 6) is 0.353. The van der Waals surface area contributed by atoms with E-state index in [1.165, 1.54) is 12.1 Å². The second-order valence-electron chi connectivity index (χ2n) is 6.66. The van der Waals surface area contributed by atoms with E-state index in [9.17, 15) is 21.6 Å². The Balaban J connectivity index is 1.77. The third-order valence-electron chi connectivity index (χ3n) is 4.49. The van der Waals surface area contributed by atoms with Gasteiger partial charge in [-0.05, 0) is 48.1 Å². The first-order valence-electron chi connectivity index (χ1n) is 8.48. The van der Waals surface area contributed by atoms with Gasteiger partial charge in [0, 0.05) is 6.04 Å². The first-order valence-corrected chi connectivity index (χ1v) is 10.1. The number of benzene rings is 2. The molecule has 8 heteroatoms. The molecule has 27 heavy (non-hydrogen) atoms. The average molecular weight is 399 g/mol. The van der Waals surface area contributed by atoms with Gasteiger partial charge in [0.1, 0.15) is 5.75 Å². The number of hydrogen-bond acceptors (Lipinski definition) is 3. The fraction of sp³-hybridized carbons (Fsp3) is 0.368. The van der Waals surface area contributed by atoms with E-state index in [1.54, 1.807) is 31.4 Å². The molecule has 1 saturated carbocycles. The van der Waals surface area contributed by atoms with Gasteiger partial charge in [0.25, 0.3) is 0 Å². The highest BCUT2D eigenvalue weighted by Crippen LogP contribution is 2.42. The Kier molecular flexibility index (Phi) is 5.48. The lowest BCUT2D eigenvalue weighted by Crippen LogP contribution is -2.31. The lowest BCUT2D eigenvalue weighted by Gasteiger charge is -2.19. The van der Waals surface area contributed by atoms with E-state index >= 15 is 0 Å². The van der Waals surface area contributed by atoms with Crippen molar-refractivity contribution in [2.24, 2.45) is 5.92 Å². The highest BCUT2D eigenvalue weighted by atomic mass is 32.2. The van der Waals surface area contributed by atoms with Gasteiger partial charge in [0.15, 0.2) is 0 Å². The van der Waals surface area contributed by atoms with Crippen LogP contribution in [0.25, 0.3) is 0 Å². The minimum atomic E-state index is -4.51. The molecule has 0 saturated heterocycles. The molecule has 1 aliphatic rings. The summed E-state index contributed by atoms with van der Waals surface area (Å²) in [6.07, 6.45) is -2.70. The second-order valence-corrected chi connectivity index (χ2v) is 8.42. The molecule has 0 spiro atoms. The molecule has 4 nitrogen and oxygen atoms in total. The van der Waals surface area contributed by atoms with Gasteiger partial charge in [-0.15, -0.1) is 0 Å². The first kappa shape index (κ1) is 19.7. The van der Waals surface area contributed by atoms with Gasteiger partial charge in [-0.1, -0.05) is 30.3 Å². The second kappa shape index (κ2) is 7.52. The summed E-state index contributed by atoms with van der Waals surface area (Å²) in [6, 6.07) is 11.1. The van der Waals surface area contributed by atoms with Crippen molar-refractivity contribution in [2.45, 2.75) is 30.8 Å². The van der Waals surface area contributed by atoms with Crippen molar-refractivity contribution in [1.29, 1.82) is 0 Å². The molecule has 0 aliphatic heterocycles. The average Bonchev–Trinajstić information content (AvgIpc) is 3.44. The summed E-state index contributed by atoms with van der Waals surface area (Å²) in [5, 5.41) is 0. The predicted octanol–water partition coefficient (Wildman–Crippen LogP) is 4.28. The summed E-state index contributed by atoms with van der Waals surface area (Å²) < 4.78 is 71.4. The lowest BCUT2D eigenvalue weighted by atomic mass is 10.0. The van der Waals surface area contributed by atoms with Crippen LogP contribution in [-0.2, 0) is 22.0 Å². The van der Waals surface area contributed by atoms with Crippen molar-refractivity contribution in [3.63, 3.8) is 0 Å². The molecule has 3 rings (SSSR count). The quantitative estimate of drug-likeness (QED) is 0.756. The number of alkyl halides is 3. The molecule has 1 atom stereocenters. The van der Waals surface area contributed by atoms with Crippen LogP contribution in [0.3, 0.4) is 0 Å². The minimum Gasteiger partial charge on any atom is -0.497 e. The van der Waals surface area contributed by atoms with Crippen molar-refractivity contribution < 1.29 is 26.3 Å². The molecular weight excluding hydrogens is 379 g/mol. The van der Waals surface area contributed by atoms with Gasteiger partial charge in [-0.25, -0.2) is 13.1 Å². The van der Waals surface area contributed by atoms with Crippen LogP contribution in [0, 0.1) is 5.92 Å². The number of hydrogen-bond donors (Lipinski definition) is 1. The molecule has 2 aromatic rings. The van der Waals surface area contributed by atoms with Crippen LogP contribution in [0.15, 0.2) is 48.5 Å². The third kappa shape index (κ3) is 5.23. The van der Waals surface area contributed by atoms with Crippen LogP contribution in [0.1, 0.15) is 35.6 Å². The number of halogens is 3. The number of ether oxygens (including phenoxy) is 1. The first-order chi connectivity index (χ1) is 12.7. The van der Waals surface area contributed by atoms with E-state index < -0.39 is 33.6 Å². The van der Waals surface area contributed by atoms with Crippen LogP contribution >= 0.6 is 0 Å². The molecule has 0 amide bonds. The SMILES string of the molecule is COc1ccc(C(NS(=O)(=O)Cc2cccc(C(F)(F)F)c2)C2CC2)cc1. The molecule has 0 heterocycles. The summed E-state index contributed by atoms with van der Waals surface area (Å²) >= 11 is 0. The molecular formula is C19H20F3NO3S. The summed E-state index contributed by atoms with van der Waals surface area (Å²) in [4.78, 5) is 0. The van der Waals surface area contributed by atoms with E-state index in [2.05, 4.69) is 4.72 Å². The number of sulfonamides is 1. The monoisotopic (exact) mass is 399 g/mol. The zero-order valence-corrected chi connectivity index (χ0v) is 15.5. The van der Waals surface area contributed by atoms with Gasteiger partial charge >= 0.3 is 6.18 Å². The van der Waals surface area contributed by atoms with Gasteiger partial charge in [-0.2, -0.15) is 13.2 Å². The van der Waals surface area contributed by atoms with Gasteiger partial charge in [0.2, 0.25) is 10.0 Å². The fourth-order valence-corrected chi connectivity index (χ4v) is 4.39. The Morgan fingerprint density at radius 1 is 1.15 bits per heavy atom. The number of rotatable bonds is 7. The maximum atomic E-state index is 12.8. The van der Waals surface area contributed by atoms with Crippen molar-refractivity contribution in [3.05, 3.63) is 65.2 Å². The van der Waals surface area contributed by atoms with Gasteiger partial charge < -0.3 is 4.74 Å². The Morgan fingerprint density at radius 3 is 2.37 bits per heavy atom. The van der Waals surface area contributed by atoms with Crippen molar-refractivity contribution in [2.75, 3.05) is 7.11 Å². The van der Waals surface area contributed by atoms with Crippen LogP contribution in [0.2, 0.25) is 0 Å². The van der Waals surface area contributed by atoms with Crippen molar-refractivity contribution in [3.8, 4) is 5.75 Å². The zero-order valence-electron chi connectivity index (χ0n) is 14.7. The van der Waals surface area contributed by atoms with Crippen molar-refractivity contribution in [1.82, 2.24) is 4.72 Å². The van der Waals surface area contributed by atoms with E-state index in [0.717, 1.165) is 30.5 Å².